The molecule has 0 aromatic heterocycles. The third-order valence-corrected chi connectivity index (χ3v) is 6.98. The van der Waals surface area contributed by atoms with Gasteiger partial charge in [0.2, 0.25) is 0 Å². The van der Waals surface area contributed by atoms with Crippen molar-refractivity contribution in [2.24, 2.45) is 5.92 Å². The normalized spacial score (nSPS) is 19.9. The largest absolute Gasteiger partial charge is 0.490 e. The Hall–Kier alpha value is -3.82. The smallest absolute Gasteiger partial charge is 0.317 e. The lowest BCUT2D eigenvalue weighted by Gasteiger charge is -2.32. The van der Waals surface area contributed by atoms with Crippen molar-refractivity contribution in [3.05, 3.63) is 59.9 Å². The van der Waals surface area contributed by atoms with Crippen LogP contribution in [-0.2, 0) is 4.79 Å². The molecule has 0 spiro atoms. The Kier molecular flexibility index (Phi) is 9.40. The minimum Gasteiger partial charge on any atom is -0.490 e. The Morgan fingerprint density at radius 1 is 0.789 bits per heavy atom. The highest BCUT2D eigenvalue weighted by Crippen LogP contribution is 2.28. The van der Waals surface area contributed by atoms with E-state index >= 15 is 0 Å². The first-order chi connectivity index (χ1) is 18.4. The molecule has 3 amide bonds. The summed E-state index contributed by atoms with van der Waals surface area (Å²) in [6, 6.07) is 12.6. The maximum Gasteiger partial charge on any atom is 0.317 e. The fraction of sp³-hybridized carbons (Fsp3) is 0.464. The van der Waals surface area contributed by atoms with Gasteiger partial charge in [-0.3, -0.25) is 9.59 Å². The number of nitrogens with zero attached hydrogens (tertiary/aromatic N) is 1. The van der Waals surface area contributed by atoms with Crippen LogP contribution in [0, 0.1) is 11.7 Å². The summed E-state index contributed by atoms with van der Waals surface area (Å²) in [6.45, 7) is 1.70. The molecule has 2 fully saturated rings. The summed E-state index contributed by atoms with van der Waals surface area (Å²) in [5, 5.41) is 14.7. The first-order valence-electron chi connectivity index (χ1n) is 13.1. The molecule has 0 atom stereocenters. The highest BCUT2D eigenvalue weighted by atomic mass is 19.1. The highest BCUT2D eigenvalue weighted by Gasteiger charge is 2.27. The summed E-state index contributed by atoms with van der Waals surface area (Å²) in [5.74, 6) is -0.310. The van der Waals surface area contributed by atoms with Crippen LogP contribution in [0.3, 0.4) is 0 Å². The molecule has 1 heterocycles. The van der Waals surface area contributed by atoms with Gasteiger partial charge in [-0.05, 0) is 74.2 Å². The zero-order valence-electron chi connectivity index (χ0n) is 21.2. The van der Waals surface area contributed by atoms with E-state index in [1.807, 2.05) is 0 Å². The molecule has 2 aromatic carbocycles. The van der Waals surface area contributed by atoms with E-state index in [2.05, 4.69) is 10.6 Å². The number of piperidine rings is 1. The number of carboxylic acids is 1. The Morgan fingerprint density at radius 3 is 1.89 bits per heavy atom. The number of carboxylic acid groups (broad SMARTS) is 1. The van der Waals surface area contributed by atoms with Crippen LogP contribution in [0.25, 0.3) is 0 Å². The molecule has 10 heteroatoms. The monoisotopic (exact) mass is 527 g/mol. The summed E-state index contributed by atoms with van der Waals surface area (Å²) in [5.41, 5.74) is 0.487. The summed E-state index contributed by atoms with van der Waals surface area (Å²) in [7, 11) is 0. The van der Waals surface area contributed by atoms with E-state index < -0.39 is 5.97 Å². The van der Waals surface area contributed by atoms with Crippen molar-refractivity contribution in [3.63, 3.8) is 0 Å². The second-order valence-electron chi connectivity index (χ2n) is 9.70. The molecule has 4 rings (SSSR count). The maximum absolute atomic E-state index is 13.0. The second-order valence-corrected chi connectivity index (χ2v) is 9.70. The number of hydrogen-bond donors (Lipinski definition) is 3. The van der Waals surface area contributed by atoms with Crippen LogP contribution in [0.1, 0.15) is 48.9 Å². The average molecular weight is 528 g/mol. The molecule has 38 heavy (non-hydrogen) atoms. The summed E-state index contributed by atoms with van der Waals surface area (Å²) in [6.07, 6.45) is 3.96. The summed E-state index contributed by atoms with van der Waals surface area (Å²) < 4.78 is 24.8. The van der Waals surface area contributed by atoms with Crippen molar-refractivity contribution in [3.8, 4) is 11.5 Å². The quantitative estimate of drug-likeness (QED) is 0.427. The molecular formula is C28H34FN3O6. The molecule has 1 aliphatic heterocycles. The van der Waals surface area contributed by atoms with E-state index in [-0.39, 0.29) is 35.9 Å². The number of rotatable bonds is 9. The number of likely N-dealkylation sites (tertiary alicyclic amines) is 1. The average Bonchev–Trinajstić information content (AvgIpc) is 2.93. The zero-order valence-corrected chi connectivity index (χ0v) is 21.2. The first kappa shape index (κ1) is 27.2. The number of urea groups is 1. The topological polar surface area (TPSA) is 117 Å². The van der Waals surface area contributed by atoms with Crippen molar-refractivity contribution in [1.29, 1.82) is 0 Å². The van der Waals surface area contributed by atoms with Crippen LogP contribution in [0.2, 0.25) is 0 Å². The van der Waals surface area contributed by atoms with E-state index in [0.717, 1.165) is 0 Å². The van der Waals surface area contributed by atoms with E-state index in [1.54, 1.807) is 41.3 Å². The van der Waals surface area contributed by atoms with Crippen molar-refractivity contribution >= 4 is 17.9 Å². The minimum atomic E-state index is -0.742. The Labute approximate surface area is 221 Å². The molecule has 204 valence electrons. The van der Waals surface area contributed by atoms with Gasteiger partial charge in [-0.1, -0.05) is 0 Å². The van der Waals surface area contributed by atoms with Crippen LogP contribution < -0.4 is 20.1 Å². The van der Waals surface area contributed by atoms with Gasteiger partial charge in [-0.2, -0.15) is 0 Å². The van der Waals surface area contributed by atoms with Crippen LogP contribution in [0.5, 0.6) is 11.5 Å². The molecule has 0 radical (unpaired) electrons. The number of benzene rings is 2. The molecule has 3 N–H and O–H groups in total. The van der Waals surface area contributed by atoms with Gasteiger partial charge in [0.15, 0.2) is 0 Å². The molecule has 2 aliphatic rings. The lowest BCUT2D eigenvalue weighted by molar-refractivity contribution is -0.143. The summed E-state index contributed by atoms with van der Waals surface area (Å²) >= 11 is 0. The lowest BCUT2D eigenvalue weighted by Crippen LogP contribution is -2.47. The fourth-order valence-electron chi connectivity index (χ4n) is 4.75. The van der Waals surface area contributed by atoms with Gasteiger partial charge >= 0.3 is 12.0 Å². The van der Waals surface area contributed by atoms with Crippen molar-refractivity contribution < 1.29 is 33.4 Å². The number of ether oxygens (including phenoxy) is 2. The Balaban J connectivity index is 1.10. The van der Waals surface area contributed by atoms with Crippen LogP contribution in [-0.4, -0.2) is 66.3 Å². The molecule has 0 bridgehead atoms. The fourth-order valence-corrected chi connectivity index (χ4v) is 4.75. The van der Waals surface area contributed by atoms with Gasteiger partial charge in [0, 0.05) is 44.6 Å². The summed E-state index contributed by atoms with van der Waals surface area (Å²) in [4.78, 5) is 37.7. The molecular weight excluding hydrogens is 493 g/mol. The molecule has 2 aromatic rings. The SMILES string of the molecule is O=C(NCCNC(=O)N1CCC(Oc2ccc(F)cc2)CC1)c1ccc(O[C@H]2CC[C@@H](C(=O)O)CC2)cc1. The lowest BCUT2D eigenvalue weighted by atomic mass is 9.87. The van der Waals surface area contributed by atoms with Gasteiger partial charge in [0.1, 0.15) is 23.4 Å². The second kappa shape index (κ2) is 13.1. The molecule has 1 aliphatic carbocycles. The standard InChI is InChI=1S/C28H34FN3O6/c29-21-5-11-24(12-6-21)38-25-13-17-32(18-14-25)28(36)31-16-15-30-26(33)19-1-7-22(8-2-19)37-23-9-3-20(4-10-23)27(34)35/h1-2,5-8,11-12,20,23,25H,3-4,9-10,13-18H2,(H,30,33)(H,31,36)(H,34,35)/t20-,23+. The highest BCUT2D eigenvalue weighted by molar-refractivity contribution is 5.94. The van der Waals surface area contributed by atoms with Gasteiger partial charge in [0.05, 0.1) is 12.0 Å². The number of nitrogens with one attached hydrogen (secondary N) is 2. The number of hydrogen-bond acceptors (Lipinski definition) is 5. The van der Waals surface area contributed by atoms with Gasteiger partial charge in [0.25, 0.3) is 5.91 Å². The third kappa shape index (κ3) is 7.84. The molecule has 1 saturated carbocycles. The third-order valence-electron chi connectivity index (χ3n) is 6.98. The van der Waals surface area contributed by atoms with E-state index in [0.29, 0.717) is 81.8 Å². The number of carbonyl (C=O) groups excluding carboxylic acids is 2. The number of aliphatic carboxylic acids is 1. The number of amides is 3. The predicted octanol–water partition coefficient (Wildman–Crippen LogP) is 3.83. The molecule has 9 nitrogen and oxygen atoms in total. The molecule has 0 unspecified atom stereocenters. The minimum absolute atomic E-state index is 0.0120. The van der Waals surface area contributed by atoms with Gasteiger partial charge in [-0.15, -0.1) is 0 Å². The maximum atomic E-state index is 13.0. The molecule has 1 saturated heterocycles. The van der Waals surface area contributed by atoms with Crippen molar-refractivity contribution in [2.45, 2.75) is 50.7 Å². The van der Waals surface area contributed by atoms with E-state index in [9.17, 15) is 18.8 Å². The number of carbonyl (C=O) groups is 3. The van der Waals surface area contributed by atoms with Crippen molar-refractivity contribution in [1.82, 2.24) is 15.5 Å². The Bertz CT molecular complexity index is 1080. The van der Waals surface area contributed by atoms with Crippen LogP contribution >= 0.6 is 0 Å². The van der Waals surface area contributed by atoms with Crippen LogP contribution in [0.4, 0.5) is 9.18 Å². The van der Waals surface area contributed by atoms with E-state index in [4.69, 9.17) is 14.6 Å². The number of halogens is 1. The van der Waals surface area contributed by atoms with E-state index in [1.165, 1.54) is 12.1 Å². The van der Waals surface area contributed by atoms with Gasteiger partial charge < -0.3 is 30.1 Å². The zero-order chi connectivity index (χ0) is 26.9. The van der Waals surface area contributed by atoms with Crippen LogP contribution in [0.15, 0.2) is 48.5 Å². The predicted molar refractivity (Wildman–Crippen MR) is 138 cm³/mol. The van der Waals surface area contributed by atoms with Gasteiger partial charge in [-0.25, -0.2) is 9.18 Å². The van der Waals surface area contributed by atoms with Crippen molar-refractivity contribution in [2.75, 3.05) is 26.2 Å². The first-order valence-corrected chi connectivity index (χ1v) is 13.1. The Morgan fingerprint density at radius 2 is 1.32 bits per heavy atom.